The van der Waals surface area contributed by atoms with Gasteiger partial charge in [0, 0.05) is 39.3 Å². The van der Waals surface area contributed by atoms with E-state index in [1.54, 1.807) is 32.9 Å². The highest BCUT2D eigenvalue weighted by atomic mass is 32.2. The Balaban J connectivity index is 2.46. The Morgan fingerprint density at radius 2 is 1.73 bits per heavy atom. The van der Waals surface area contributed by atoms with Crippen molar-refractivity contribution in [3.05, 3.63) is 60.2 Å². The first kappa shape index (κ1) is 33.1. The van der Waals surface area contributed by atoms with Gasteiger partial charge in [0.15, 0.2) is 0 Å². The summed E-state index contributed by atoms with van der Waals surface area (Å²) >= 11 is 0. The fourth-order valence-electron chi connectivity index (χ4n) is 4.22. The number of nitrogens with zero attached hydrogens (tertiary/aromatic N) is 3. The van der Waals surface area contributed by atoms with Gasteiger partial charge in [-0.1, -0.05) is 50.2 Å². The summed E-state index contributed by atoms with van der Waals surface area (Å²) in [7, 11) is -0.398. The Bertz CT molecular complexity index is 1250. The van der Waals surface area contributed by atoms with Gasteiger partial charge in [-0.2, -0.15) is 9.57 Å². The number of rotatable bonds is 13. The molecule has 0 radical (unpaired) electrons. The fourth-order valence-corrected chi connectivity index (χ4v) is 5.90. The number of aliphatic hydroxyl groups excluding tert-OH is 1. The average molecular weight is 573 g/mol. The van der Waals surface area contributed by atoms with E-state index in [1.165, 1.54) is 10.4 Å². The van der Waals surface area contributed by atoms with Crippen molar-refractivity contribution < 1.29 is 23.1 Å². The van der Waals surface area contributed by atoms with Crippen molar-refractivity contribution in [3.8, 4) is 6.07 Å². The van der Waals surface area contributed by atoms with Gasteiger partial charge in [-0.05, 0) is 62.8 Å². The van der Waals surface area contributed by atoms with Crippen LogP contribution in [0.1, 0.15) is 53.0 Å². The number of nitriles is 1. The van der Waals surface area contributed by atoms with Crippen molar-refractivity contribution in [2.24, 2.45) is 5.41 Å². The smallest absolute Gasteiger partial charge is 0.407 e. The van der Waals surface area contributed by atoms with E-state index in [0.717, 1.165) is 11.3 Å². The highest BCUT2D eigenvalue weighted by molar-refractivity contribution is 7.89. The monoisotopic (exact) mass is 572 g/mol. The summed E-state index contributed by atoms with van der Waals surface area (Å²) in [5, 5.41) is 23.4. The first-order valence-corrected chi connectivity index (χ1v) is 14.8. The van der Waals surface area contributed by atoms with Gasteiger partial charge in [-0.25, -0.2) is 13.2 Å². The highest BCUT2D eigenvalue weighted by Gasteiger charge is 2.35. The molecule has 40 heavy (non-hydrogen) atoms. The van der Waals surface area contributed by atoms with E-state index in [4.69, 9.17) is 10.00 Å². The lowest BCUT2D eigenvalue weighted by Gasteiger charge is -2.35. The van der Waals surface area contributed by atoms with Gasteiger partial charge in [0.05, 0.1) is 23.1 Å². The maximum absolute atomic E-state index is 14.0. The van der Waals surface area contributed by atoms with Gasteiger partial charge < -0.3 is 20.1 Å². The van der Waals surface area contributed by atoms with Crippen LogP contribution in [0.2, 0.25) is 0 Å². The molecule has 0 bridgehead atoms. The van der Waals surface area contributed by atoms with Crippen molar-refractivity contribution in [2.45, 2.75) is 76.5 Å². The molecule has 0 aliphatic carbocycles. The molecule has 0 aromatic heterocycles. The summed E-state index contributed by atoms with van der Waals surface area (Å²) in [6.45, 7) is 8.84. The Hall–Kier alpha value is -3.13. The minimum atomic E-state index is -4.05. The van der Waals surface area contributed by atoms with Crippen molar-refractivity contribution in [3.63, 3.8) is 0 Å². The number of amides is 1. The molecule has 220 valence electrons. The minimum Gasteiger partial charge on any atom is -0.444 e. The molecule has 1 amide bonds. The third-order valence-corrected chi connectivity index (χ3v) is 8.15. The predicted octanol–water partition coefficient (Wildman–Crippen LogP) is 4.57. The quantitative estimate of drug-likeness (QED) is 0.360. The molecule has 0 fully saturated rings. The molecule has 10 heteroatoms. The van der Waals surface area contributed by atoms with E-state index in [1.807, 2.05) is 69.2 Å². The predicted molar refractivity (Wildman–Crippen MR) is 157 cm³/mol. The van der Waals surface area contributed by atoms with E-state index >= 15 is 0 Å². The van der Waals surface area contributed by atoms with Crippen LogP contribution in [0.5, 0.6) is 0 Å². The second-order valence-corrected chi connectivity index (χ2v) is 14.0. The van der Waals surface area contributed by atoms with Gasteiger partial charge in [0.1, 0.15) is 5.60 Å². The van der Waals surface area contributed by atoms with E-state index < -0.39 is 39.3 Å². The minimum absolute atomic E-state index is 0.0742. The molecular weight excluding hydrogens is 528 g/mol. The summed E-state index contributed by atoms with van der Waals surface area (Å²) in [6.07, 6.45) is -0.937. The number of benzene rings is 2. The first-order valence-electron chi connectivity index (χ1n) is 13.4. The summed E-state index contributed by atoms with van der Waals surface area (Å²) in [6, 6.07) is 17.3. The molecule has 2 aromatic rings. The van der Waals surface area contributed by atoms with Gasteiger partial charge in [0.2, 0.25) is 10.0 Å². The Morgan fingerprint density at radius 1 is 1.07 bits per heavy atom. The molecule has 0 saturated carbocycles. The van der Waals surface area contributed by atoms with Crippen LogP contribution in [0.3, 0.4) is 0 Å². The van der Waals surface area contributed by atoms with Gasteiger partial charge in [-0.15, -0.1) is 0 Å². The van der Waals surface area contributed by atoms with Crippen molar-refractivity contribution >= 4 is 21.8 Å². The molecule has 2 atom stereocenters. The second kappa shape index (κ2) is 14.0. The number of aliphatic hydroxyl groups is 1. The summed E-state index contributed by atoms with van der Waals surface area (Å²) < 4.78 is 34.7. The Morgan fingerprint density at radius 3 is 2.30 bits per heavy atom. The number of carbonyl (C=O) groups is 1. The molecule has 0 spiro atoms. The van der Waals surface area contributed by atoms with Crippen molar-refractivity contribution in [2.75, 3.05) is 32.1 Å². The molecule has 1 unspecified atom stereocenters. The number of anilines is 1. The van der Waals surface area contributed by atoms with E-state index in [2.05, 4.69) is 11.4 Å². The second-order valence-electron chi connectivity index (χ2n) is 12.0. The topological polar surface area (TPSA) is 123 Å². The van der Waals surface area contributed by atoms with Crippen LogP contribution in [-0.4, -0.2) is 68.9 Å². The third-order valence-electron chi connectivity index (χ3n) is 6.35. The van der Waals surface area contributed by atoms with Crippen LogP contribution in [0.25, 0.3) is 0 Å². The average Bonchev–Trinajstić information content (AvgIpc) is 2.86. The zero-order valence-electron chi connectivity index (χ0n) is 24.7. The van der Waals surface area contributed by atoms with Crippen molar-refractivity contribution in [1.82, 2.24) is 9.62 Å². The number of hydrogen-bond donors (Lipinski definition) is 2. The molecule has 0 saturated heterocycles. The number of sulfonamides is 1. The summed E-state index contributed by atoms with van der Waals surface area (Å²) in [5.41, 5.74) is 0.294. The van der Waals surface area contributed by atoms with Crippen molar-refractivity contribution in [1.29, 1.82) is 5.26 Å². The molecule has 2 aromatic carbocycles. The standard InChI is InChI=1S/C30H44N4O5S/c1-29(2,3)39-28(36)32-26(19-23-13-9-8-10-14-23)27(35)21-34(22-30(4,5)17-12-18-31)40(37,38)25-16-11-15-24(20-25)33(6)7/h8-11,13-16,20,26-27,35H,12,17,19,21-22H2,1-7H3,(H,32,36)/t26-,27?/m0/s1. The molecule has 2 N–H and O–H groups in total. The zero-order chi connectivity index (χ0) is 30.1. The third kappa shape index (κ3) is 10.5. The molecule has 2 rings (SSSR count). The number of hydrogen-bond acceptors (Lipinski definition) is 7. The lowest BCUT2D eigenvalue weighted by molar-refractivity contribution is 0.0392. The van der Waals surface area contributed by atoms with E-state index in [-0.39, 0.29) is 30.8 Å². The first-order chi connectivity index (χ1) is 18.5. The van der Waals surface area contributed by atoms with Crippen LogP contribution >= 0.6 is 0 Å². The number of carbonyl (C=O) groups excluding carboxylic acids is 1. The zero-order valence-corrected chi connectivity index (χ0v) is 25.5. The number of nitrogens with one attached hydrogen (secondary N) is 1. The molecule has 0 aliphatic rings. The number of ether oxygens (including phenoxy) is 1. The van der Waals surface area contributed by atoms with E-state index in [0.29, 0.717) is 6.42 Å². The largest absolute Gasteiger partial charge is 0.444 e. The van der Waals surface area contributed by atoms with Crippen LogP contribution < -0.4 is 10.2 Å². The number of alkyl carbamates (subject to hydrolysis) is 1. The van der Waals surface area contributed by atoms with Crippen LogP contribution in [-0.2, 0) is 21.2 Å². The SMILES string of the molecule is CN(C)c1cccc(S(=O)(=O)N(CC(O)[C@H](Cc2ccccc2)NC(=O)OC(C)(C)C)CC(C)(C)CCC#N)c1. The van der Waals surface area contributed by atoms with E-state index in [9.17, 15) is 18.3 Å². The maximum atomic E-state index is 14.0. The molecule has 9 nitrogen and oxygen atoms in total. The normalized spacial score (nSPS) is 13.8. The Labute approximate surface area is 239 Å². The van der Waals surface area contributed by atoms with Gasteiger partial charge in [0.25, 0.3) is 0 Å². The van der Waals surface area contributed by atoms with Gasteiger partial charge in [-0.3, -0.25) is 0 Å². The van der Waals surface area contributed by atoms with Crippen LogP contribution in [0.4, 0.5) is 10.5 Å². The lowest BCUT2D eigenvalue weighted by Crippen LogP contribution is -2.52. The van der Waals surface area contributed by atoms with Gasteiger partial charge >= 0.3 is 6.09 Å². The molecule has 0 aliphatic heterocycles. The maximum Gasteiger partial charge on any atom is 0.407 e. The molecular formula is C30H44N4O5S. The fraction of sp³-hybridized carbons (Fsp3) is 0.533. The highest BCUT2D eigenvalue weighted by Crippen LogP contribution is 2.29. The molecule has 0 heterocycles. The Kier molecular flexibility index (Phi) is 11.6. The lowest BCUT2D eigenvalue weighted by atomic mass is 9.88. The van der Waals surface area contributed by atoms with Crippen LogP contribution in [0.15, 0.2) is 59.5 Å². The summed E-state index contributed by atoms with van der Waals surface area (Å²) in [5.74, 6) is 0. The summed E-state index contributed by atoms with van der Waals surface area (Å²) in [4.78, 5) is 14.6. The van der Waals surface area contributed by atoms with Crippen LogP contribution in [0, 0.1) is 16.7 Å².